The minimum atomic E-state index is -1.61. The van der Waals surface area contributed by atoms with Crippen molar-refractivity contribution in [1.82, 2.24) is 9.97 Å². The van der Waals surface area contributed by atoms with Crippen LogP contribution in [-0.4, -0.2) is 47.5 Å². The Morgan fingerprint density at radius 2 is 2.50 bits per heavy atom. The fourth-order valence-corrected chi connectivity index (χ4v) is 2.02. The maximum absolute atomic E-state index is 13.9. The molecule has 1 fully saturated rings. The first-order valence-corrected chi connectivity index (χ1v) is 5.70. The molecule has 1 aromatic heterocycles. The Morgan fingerprint density at radius 3 is 3.11 bits per heavy atom. The summed E-state index contributed by atoms with van der Waals surface area (Å²) in [6, 6.07) is 1.32. The summed E-state index contributed by atoms with van der Waals surface area (Å²) < 4.78 is 18.8. The second-order valence-electron chi connectivity index (χ2n) is 4.46. The molecule has 0 radical (unpaired) electrons. The smallest absolute Gasteiger partial charge is 0.253 e. The normalized spacial score (nSPS) is 23.6. The standard InChI is InChI=1S/C11H16FN3O3/c1-18-5-8-13-9(4-10(17)14-8)15-3-2-11(12,6-15)7-16/h4,16H,2-3,5-7H2,1H3,(H,13,14,17). The molecule has 18 heavy (non-hydrogen) atoms. The average Bonchev–Trinajstić information content (AvgIpc) is 2.73. The zero-order valence-corrected chi connectivity index (χ0v) is 10.1. The molecule has 7 heteroatoms. The molecule has 1 unspecified atom stereocenters. The molecule has 2 heterocycles. The highest BCUT2D eigenvalue weighted by Gasteiger charge is 2.38. The van der Waals surface area contributed by atoms with Crippen LogP contribution in [0.4, 0.5) is 10.2 Å². The molecule has 1 aromatic rings. The van der Waals surface area contributed by atoms with Crippen LogP contribution in [0.1, 0.15) is 12.2 Å². The van der Waals surface area contributed by atoms with Gasteiger partial charge in [0.05, 0.1) is 13.2 Å². The first kappa shape index (κ1) is 13.0. The van der Waals surface area contributed by atoms with E-state index in [2.05, 4.69) is 9.97 Å². The molecule has 1 aliphatic heterocycles. The Bertz CT molecular complexity index is 479. The number of hydrogen-bond donors (Lipinski definition) is 2. The Hall–Kier alpha value is -1.47. The molecule has 2 N–H and O–H groups in total. The van der Waals surface area contributed by atoms with E-state index in [1.807, 2.05) is 0 Å². The number of ether oxygens (including phenoxy) is 1. The lowest BCUT2D eigenvalue weighted by atomic mass is 10.1. The van der Waals surface area contributed by atoms with Gasteiger partial charge in [-0.25, -0.2) is 9.37 Å². The summed E-state index contributed by atoms with van der Waals surface area (Å²) in [5, 5.41) is 8.97. The quantitative estimate of drug-likeness (QED) is 0.782. The molecule has 0 aromatic carbocycles. The number of anilines is 1. The Labute approximate surface area is 103 Å². The van der Waals surface area contributed by atoms with Gasteiger partial charge in [0.25, 0.3) is 5.56 Å². The van der Waals surface area contributed by atoms with Crippen LogP contribution in [0.2, 0.25) is 0 Å². The summed E-state index contributed by atoms with van der Waals surface area (Å²) in [5.41, 5.74) is -1.90. The number of methoxy groups -OCH3 is 1. The van der Waals surface area contributed by atoms with E-state index in [9.17, 15) is 9.18 Å². The van der Waals surface area contributed by atoms with E-state index in [0.717, 1.165) is 0 Å². The predicted molar refractivity (Wildman–Crippen MR) is 63.3 cm³/mol. The summed E-state index contributed by atoms with van der Waals surface area (Å²) in [4.78, 5) is 19.9. The molecule has 0 bridgehead atoms. The van der Waals surface area contributed by atoms with Gasteiger partial charge in [-0.1, -0.05) is 0 Å². The number of nitrogens with zero attached hydrogens (tertiary/aromatic N) is 2. The van der Waals surface area contributed by atoms with Crippen LogP contribution in [0.3, 0.4) is 0 Å². The van der Waals surface area contributed by atoms with Gasteiger partial charge in [0.2, 0.25) is 0 Å². The Kier molecular flexibility index (Phi) is 3.63. The van der Waals surface area contributed by atoms with Crippen molar-refractivity contribution < 1.29 is 14.2 Å². The molecule has 0 saturated carbocycles. The molecule has 0 amide bonds. The second kappa shape index (κ2) is 5.03. The first-order valence-electron chi connectivity index (χ1n) is 5.70. The van der Waals surface area contributed by atoms with Crippen LogP contribution in [0, 0.1) is 0 Å². The third kappa shape index (κ3) is 2.68. The van der Waals surface area contributed by atoms with E-state index < -0.39 is 12.3 Å². The van der Waals surface area contributed by atoms with Gasteiger partial charge in [-0.2, -0.15) is 0 Å². The van der Waals surface area contributed by atoms with Crippen LogP contribution in [0.25, 0.3) is 0 Å². The number of H-pyrrole nitrogens is 1. The first-order chi connectivity index (χ1) is 8.56. The third-order valence-electron chi connectivity index (χ3n) is 2.97. The zero-order valence-electron chi connectivity index (χ0n) is 10.1. The number of nitrogens with one attached hydrogen (secondary N) is 1. The zero-order chi connectivity index (χ0) is 13.2. The fourth-order valence-electron chi connectivity index (χ4n) is 2.02. The van der Waals surface area contributed by atoms with Gasteiger partial charge in [-0.05, 0) is 0 Å². The van der Waals surface area contributed by atoms with E-state index in [1.54, 1.807) is 4.90 Å². The minimum Gasteiger partial charge on any atom is -0.393 e. The number of aromatic nitrogens is 2. The molecule has 0 spiro atoms. The number of aliphatic hydroxyl groups is 1. The third-order valence-corrected chi connectivity index (χ3v) is 2.97. The number of alkyl halides is 1. The lowest BCUT2D eigenvalue weighted by Gasteiger charge is -2.19. The topological polar surface area (TPSA) is 78.5 Å². The van der Waals surface area contributed by atoms with Crippen molar-refractivity contribution in [2.45, 2.75) is 18.7 Å². The maximum atomic E-state index is 13.9. The fraction of sp³-hybridized carbons (Fsp3) is 0.636. The molecule has 1 saturated heterocycles. The molecule has 100 valence electrons. The van der Waals surface area contributed by atoms with Crippen LogP contribution < -0.4 is 10.5 Å². The van der Waals surface area contributed by atoms with Crippen molar-refractivity contribution in [3.63, 3.8) is 0 Å². The van der Waals surface area contributed by atoms with E-state index >= 15 is 0 Å². The van der Waals surface area contributed by atoms with Gasteiger partial charge in [0.15, 0.2) is 5.67 Å². The van der Waals surface area contributed by atoms with Crippen LogP contribution in [0.5, 0.6) is 0 Å². The average molecular weight is 257 g/mol. The highest BCUT2D eigenvalue weighted by Crippen LogP contribution is 2.27. The van der Waals surface area contributed by atoms with Gasteiger partial charge in [-0.15, -0.1) is 0 Å². The SMILES string of the molecule is COCc1nc(N2CCC(F)(CO)C2)cc(=O)[nH]1. The lowest BCUT2D eigenvalue weighted by molar-refractivity contribution is 0.0909. The molecule has 6 nitrogen and oxygen atoms in total. The number of aromatic amines is 1. The monoisotopic (exact) mass is 257 g/mol. The van der Waals surface area contributed by atoms with Crippen LogP contribution in [0.15, 0.2) is 10.9 Å². The number of aliphatic hydroxyl groups excluding tert-OH is 1. The summed E-state index contributed by atoms with van der Waals surface area (Å²) in [6.07, 6.45) is 0.234. The minimum absolute atomic E-state index is 0.0480. The number of rotatable bonds is 4. The van der Waals surface area contributed by atoms with Crippen molar-refractivity contribution in [2.75, 3.05) is 31.7 Å². The lowest BCUT2D eigenvalue weighted by Crippen LogP contribution is -2.33. The second-order valence-corrected chi connectivity index (χ2v) is 4.46. The molecular formula is C11H16FN3O3. The Balaban J connectivity index is 2.21. The van der Waals surface area contributed by atoms with Crippen molar-refractivity contribution in [3.05, 3.63) is 22.2 Å². The van der Waals surface area contributed by atoms with Gasteiger partial charge < -0.3 is 19.7 Å². The van der Waals surface area contributed by atoms with E-state index in [4.69, 9.17) is 9.84 Å². The van der Waals surface area contributed by atoms with E-state index in [1.165, 1.54) is 13.2 Å². The van der Waals surface area contributed by atoms with Crippen molar-refractivity contribution in [2.24, 2.45) is 0 Å². The van der Waals surface area contributed by atoms with Crippen molar-refractivity contribution in [3.8, 4) is 0 Å². The summed E-state index contributed by atoms with van der Waals surface area (Å²) >= 11 is 0. The van der Waals surface area contributed by atoms with E-state index in [-0.39, 0.29) is 25.1 Å². The molecule has 1 aliphatic rings. The van der Waals surface area contributed by atoms with Crippen molar-refractivity contribution >= 4 is 5.82 Å². The predicted octanol–water partition coefficient (Wildman–Crippen LogP) is -0.173. The van der Waals surface area contributed by atoms with Gasteiger partial charge in [-0.3, -0.25) is 4.79 Å². The largest absolute Gasteiger partial charge is 0.393 e. The van der Waals surface area contributed by atoms with Gasteiger partial charge >= 0.3 is 0 Å². The Morgan fingerprint density at radius 1 is 1.72 bits per heavy atom. The van der Waals surface area contributed by atoms with Crippen LogP contribution in [-0.2, 0) is 11.3 Å². The highest BCUT2D eigenvalue weighted by molar-refractivity contribution is 5.40. The molecular weight excluding hydrogens is 241 g/mol. The van der Waals surface area contributed by atoms with Gasteiger partial charge in [0.1, 0.15) is 18.2 Å². The summed E-state index contributed by atoms with van der Waals surface area (Å²) in [7, 11) is 1.50. The van der Waals surface area contributed by atoms with Gasteiger partial charge in [0, 0.05) is 26.1 Å². The van der Waals surface area contributed by atoms with E-state index in [0.29, 0.717) is 18.2 Å². The summed E-state index contributed by atoms with van der Waals surface area (Å²) in [6.45, 7) is 0.154. The molecule has 0 aliphatic carbocycles. The van der Waals surface area contributed by atoms with Crippen molar-refractivity contribution in [1.29, 1.82) is 0 Å². The molecule has 1 atom stereocenters. The van der Waals surface area contributed by atoms with Crippen LogP contribution >= 0.6 is 0 Å². The number of halogens is 1. The summed E-state index contributed by atoms with van der Waals surface area (Å²) in [5.74, 6) is 0.819. The maximum Gasteiger partial charge on any atom is 0.253 e. The molecule has 2 rings (SSSR count). The highest BCUT2D eigenvalue weighted by atomic mass is 19.1. The number of hydrogen-bond acceptors (Lipinski definition) is 5.